The quantitative estimate of drug-likeness (QED) is 0.652. The topological polar surface area (TPSA) is 76.6 Å². The van der Waals surface area contributed by atoms with E-state index in [2.05, 4.69) is 19.9 Å². The summed E-state index contributed by atoms with van der Waals surface area (Å²) in [4.78, 5) is 13.8. The highest BCUT2D eigenvalue weighted by Gasteiger charge is 2.14. The smallest absolute Gasteiger partial charge is 0.387 e. The zero-order valence-electron chi connectivity index (χ0n) is 10.0. The van der Waals surface area contributed by atoms with Crippen LogP contribution in [0.1, 0.15) is 5.56 Å². The van der Waals surface area contributed by atoms with Crippen molar-refractivity contribution in [3.05, 3.63) is 36.0 Å². The van der Waals surface area contributed by atoms with E-state index >= 15 is 0 Å². The summed E-state index contributed by atoms with van der Waals surface area (Å²) in [6, 6.07) is 5.79. The van der Waals surface area contributed by atoms with Crippen LogP contribution in [0.5, 0.6) is 11.6 Å². The molecule has 6 nitrogen and oxygen atoms in total. The number of halogens is 2. The van der Waals surface area contributed by atoms with Gasteiger partial charge in [-0.15, -0.1) is 0 Å². The second kappa shape index (κ2) is 6.44. The SMILES string of the molecule is O=C=Nc1cccc(OC(F)F)c1COc1ccn[nH]1. The van der Waals surface area contributed by atoms with Crippen LogP contribution in [0, 0.1) is 0 Å². The molecule has 1 N–H and O–H groups in total. The Hall–Kier alpha value is -2.73. The molecule has 0 unspecified atom stereocenters. The summed E-state index contributed by atoms with van der Waals surface area (Å²) >= 11 is 0. The first-order chi connectivity index (χ1) is 9.70. The number of aliphatic imine (C=N–C) groups is 1. The number of aromatic amines is 1. The van der Waals surface area contributed by atoms with Crippen LogP contribution in [0.4, 0.5) is 14.5 Å². The second-order valence-corrected chi connectivity index (χ2v) is 3.54. The van der Waals surface area contributed by atoms with Crippen LogP contribution < -0.4 is 9.47 Å². The minimum absolute atomic E-state index is 0.115. The Morgan fingerprint density at radius 3 is 2.90 bits per heavy atom. The van der Waals surface area contributed by atoms with E-state index in [-0.39, 0.29) is 23.6 Å². The molecule has 0 amide bonds. The maximum Gasteiger partial charge on any atom is 0.387 e. The van der Waals surface area contributed by atoms with Crippen molar-refractivity contribution in [2.75, 3.05) is 0 Å². The zero-order valence-corrected chi connectivity index (χ0v) is 10.0. The molecule has 0 fully saturated rings. The summed E-state index contributed by atoms with van der Waals surface area (Å²) in [5.74, 6) is 0.230. The molecule has 1 aromatic heterocycles. The summed E-state index contributed by atoms with van der Waals surface area (Å²) in [5, 5.41) is 6.23. The Bertz CT molecular complexity index is 610. The number of nitrogens with one attached hydrogen (secondary N) is 1. The third-order valence-electron chi connectivity index (χ3n) is 2.34. The van der Waals surface area contributed by atoms with Gasteiger partial charge in [0.2, 0.25) is 12.0 Å². The lowest BCUT2D eigenvalue weighted by atomic mass is 10.1. The number of benzene rings is 1. The molecular formula is C12H9F2N3O3. The fourth-order valence-electron chi connectivity index (χ4n) is 1.53. The minimum Gasteiger partial charge on any atom is -0.473 e. The van der Waals surface area contributed by atoms with Gasteiger partial charge in [0, 0.05) is 6.07 Å². The van der Waals surface area contributed by atoms with Crippen LogP contribution in [0.25, 0.3) is 0 Å². The molecule has 0 aliphatic carbocycles. The number of carbonyl (C=O) groups excluding carboxylic acids is 1. The summed E-state index contributed by atoms with van der Waals surface area (Å²) in [6.45, 7) is -3.11. The molecule has 104 valence electrons. The van der Waals surface area contributed by atoms with Crippen molar-refractivity contribution in [3.63, 3.8) is 0 Å². The average molecular weight is 281 g/mol. The van der Waals surface area contributed by atoms with Gasteiger partial charge >= 0.3 is 6.61 Å². The van der Waals surface area contributed by atoms with Gasteiger partial charge in [0.1, 0.15) is 12.4 Å². The Morgan fingerprint density at radius 1 is 1.40 bits per heavy atom. The van der Waals surface area contributed by atoms with Gasteiger partial charge in [0.15, 0.2) is 0 Å². The highest BCUT2D eigenvalue weighted by Crippen LogP contribution is 2.30. The largest absolute Gasteiger partial charge is 0.473 e. The molecule has 0 radical (unpaired) electrons. The third-order valence-corrected chi connectivity index (χ3v) is 2.34. The maximum atomic E-state index is 12.3. The average Bonchev–Trinajstić information content (AvgIpc) is 2.91. The van der Waals surface area contributed by atoms with Crippen molar-refractivity contribution >= 4 is 11.8 Å². The standard InChI is InChI=1S/C12H9F2N3O3/c13-12(14)20-10-3-1-2-9(15-7-18)8(10)6-19-11-4-5-16-17-11/h1-5,12H,6H2,(H,16,17). The van der Waals surface area contributed by atoms with Crippen molar-refractivity contribution in [3.8, 4) is 11.6 Å². The molecule has 0 saturated heterocycles. The zero-order chi connectivity index (χ0) is 14.4. The lowest BCUT2D eigenvalue weighted by molar-refractivity contribution is -0.0508. The van der Waals surface area contributed by atoms with E-state index in [4.69, 9.17) is 4.74 Å². The van der Waals surface area contributed by atoms with Crippen molar-refractivity contribution in [2.24, 2.45) is 4.99 Å². The van der Waals surface area contributed by atoms with Crippen molar-refractivity contribution in [2.45, 2.75) is 13.2 Å². The lowest BCUT2D eigenvalue weighted by Crippen LogP contribution is -2.06. The fourth-order valence-corrected chi connectivity index (χ4v) is 1.53. The van der Waals surface area contributed by atoms with Crippen molar-refractivity contribution in [1.82, 2.24) is 10.2 Å². The number of ether oxygens (including phenoxy) is 2. The number of alkyl halides is 2. The Morgan fingerprint density at radius 2 is 2.25 bits per heavy atom. The molecule has 1 heterocycles. The first-order valence-corrected chi connectivity index (χ1v) is 5.47. The number of hydrogen-bond acceptors (Lipinski definition) is 5. The predicted molar refractivity (Wildman–Crippen MR) is 63.8 cm³/mol. The lowest BCUT2D eigenvalue weighted by Gasteiger charge is -2.12. The number of hydrogen-bond donors (Lipinski definition) is 1. The summed E-state index contributed by atoms with van der Waals surface area (Å²) in [5.41, 5.74) is 0.364. The monoisotopic (exact) mass is 281 g/mol. The molecule has 20 heavy (non-hydrogen) atoms. The van der Waals surface area contributed by atoms with E-state index in [9.17, 15) is 13.6 Å². The summed E-state index contributed by atoms with van der Waals surface area (Å²) < 4.78 is 34.4. The van der Waals surface area contributed by atoms with Gasteiger partial charge in [-0.25, -0.2) is 9.89 Å². The van der Waals surface area contributed by atoms with Gasteiger partial charge in [-0.1, -0.05) is 6.07 Å². The number of rotatable bonds is 6. The normalized spacial score (nSPS) is 10.2. The van der Waals surface area contributed by atoms with E-state index in [1.807, 2.05) is 0 Å². The van der Waals surface area contributed by atoms with Gasteiger partial charge in [-0.2, -0.15) is 18.9 Å². The Balaban J connectivity index is 2.27. The summed E-state index contributed by atoms with van der Waals surface area (Å²) in [6.07, 6.45) is 2.83. The Labute approximate surface area is 112 Å². The third kappa shape index (κ3) is 3.39. The molecule has 0 bridgehead atoms. The molecule has 8 heteroatoms. The van der Waals surface area contributed by atoms with E-state index in [0.717, 1.165) is 0 Å². The van der Waals surface area contributed by atoms with Gasteiger partial charge in [0.05, 0.1) is 17.4 Å². The first kappa shape index (κ1) is 13.7. The van der Waals surface area contributed by atoms with E-state index in [1.165, 1.54) is 30.5 Å². The maximum absolute atomic E-state index is 12.3. The molecule has 2 aromatic rings. The number of aromatic nitrogens is 2. The van der Waals surface area contributed by atoms with Crippen LogP contribution >= 0.6 is 0 Å². The van der Waals surface area contributed by atoms with Gasteiger partial charge in [0.25, 0.3) is 0 Å². The predicted octanol–water partition coefficient (Wildman–Crippen LogP) is 2.56. The van der Waals surface area contributed by atoms with Crippen LogP contribution in [0.3, 0.4) is 0 Å². The first-order valence-electron chi connectivity index (χ1n) is 5.47. The highest BCUT2D eigenvalue weighted by atomic mass is 19.3. The van der Waals surface area contributed by atoms with E-state index < -0.39 is 6.61 Å². The number of nitrogens with zero attached hydrogens (tertiary/aromatic N) is 2. The molecule has 0 aliphatic heterocycles. The Kier molecular flexibility index (Phi) is 4.41. The van der Waals surface area contributed by atoms with E-state index in [1.54, 1.807) is 6.07 Å². The van der Waals surface area contributed by atoms with Gasteiger partial charge < -0.3 is 9.47 Å². The second-order valence-electron chi connectivity index (χ2n) is 3.54. The van der Waals surface area contributed by atoms with Crippen molar-refractivity contribution in [1.29, 1.82) is 0 Å². The summed E-state index contributed by atoms with van der Waals surface area (Å²) in [7, 11) is 0. The highest BCUT2D eigenvalue weighted by molar-refractivity contribution is 5.58. The number of H-pyrrole nitrogens is 1. The molecule has 1 aromatic carbocycles. The molecule has 0 aliphatic rings. The number of isocyanates is 1. The molecule has 0 saturated carbocycles. The van der Waals surface area contributed by atoms with E-state index in [0.29, 0.717) is 5.88 Å². The molecule has 2 rings (SSSR count). The molecule has 0 atom stereocenters. The molecule has 0 spiro atoms. The van der Waals surface area contributed by atoms with Crippen LogP contribution in [0.2, 0.25) is 0 Å². The minimum atomic E-state index is -2.99. The van der Waals surface area contributed by atoms with Gasteiger partial charge in [-0.3, -0.25) is 0 Å². The molecular weight excluding hydrogens is 272 g/mol. The van der Waals surface area contributed by atoms with Crippen LogP contribution in [0.15, 0.2) is 35.5 Å². The van der Waals surface area contributed by atoms with Crippen LogP contribution in [-0.2, 0) is 11.4 Å². The van der Waals surface area contributed by atoms with Crippen LogP contribution in [-0.4, -0.2) is 22.9 Å². The fraction of sp³-hybridized carbons (Fsp3) is 0.167. The van der Waals surface area contributed by atoms with Gasteiger partial charge in [-0.05, 0) is 12.1 Å². The van der Waals surface area contributed by atoms with Crippen molar-refractivity contribution < 1.29 is 23.0 Å².